The van der Waals surface area contributed by atoms with Crippen LogP contribution in [0.1, 0.15) is 11.3 Å². The maximum absolute atomic E-state index is 12.2. The van der Waals surface area contributed by atoms with Gasteiger partial charge in [-0.2, -0.15) is 5.26 Å². The van der Waals surface area contributed by atoms with E-state index in [0.717, 1.165) is 37.4 Å². The lowest BCUT2D eigenvalue weighted by Gasteiger charge is -2.26. The zero-order valence-corrected chi connectivity index (χ0v) is 21.6. The van der Waals surface area contributed by atoms with Crippen LogP contribution in [0.3, 0.4) is 0 Å². The van der Waals surface area contributed by atoms with Gasteiger partial charge >= 0.3 is 6.09 Å². The molecule has 1 amide bonds. The van der Waals surface area contributed by atoms with E-state index in [0.29, 0.717) is 23.1 Å². The summed E-state index contributed by atoms with van der Waals surface area (Å²) in [5.74, 6) is 1.60. The average Bonchev–Trinajstić information content (AvgIpc) is 3.40. The number of anilines is 1. The second-order valence-electron chi connectivity index (χ2n) is 8.67. The fourth-order valence-electron chi connectivity index (χ4n) is 4.13. The molecule has 1 atom stereocenters. The minimum absolute atomic E-state index is 0.0155. The zero-order chi connectivity index (χ0) is 26.9. The summed E-state index contributed by atoms with van der Waals surface area (Å²) in [5, 5.41) is 12.2. The Hall–Kier alpha value is -5.02. The Labute approximate surface area is 226 Å². The summed E-state index contributed by atoms with van der Waals surface area (Å²) in [6, 6.07) is 12.7. The van der Waals surface area contributed by atoms with Crippen molar-refractivity contribution in [1.82, 2.24) is 19.9 Å². The van der Waals surface area contributed by atoms with E-state index in [2.05, 4.69) is 20.3 Å². The van der Waals surface area contributed by atoms with Crippen molar-refractivity contribution in [3.05, 3.63) is 60.0 Å². The van der Waals surface area contributed by atoms with Gasteiger partial charge in [-0.3, -0.25) is 5.32 Å². The molecule has 11 nitrogen and oxygen atoms in total. The third-order valence-corrected chi connectivity index (χ3v) is 7.02. The fraction of sp³-hybridized carbons (Fsp3) is 0.185. The van der Waals surface area contributed by atoms with E-state index < -0.39 is 12.2 Å². The van der Waals surface area contributed by atoms with Gasteiger partial charge in [-0.25, -0.2) is 24.7 Å². The summed E-state index contributed by atoms with van der Waals surface area (Å²) in [7, 11) is 1.56. The molecule has 194 valence electrons. The fourth-order valence-corrected chi connectivity index (χ4v) is 5.21. The van der Waals surface area contributed by atoms with Crippen LogP contribution < -0.4 is 19.5 Å². The topological polar surface area (TPSA) is 141 Å². The number of amides is 1. The lowest BCUT2D eigenvalue weighted by atomic mass is 10.1. The number of rotatable bonds is 5. The molecule has 5 aromatic rings. The summed E-state index contributed by atoms with van der Waals surface area (Å²) in [6.45, 7) is 2.18. The minimum atomic E-state index is -0.662. The van der Waals surface area contributed by atoms with Crippen molar-refractivity contribution >= 4 is 44.4 Å². The van der Waals surface area contributed by atoms with Crippen LogP contribution in [0.2, 0.25) is 0 Å². The van der Waals surface area contributed by atoms with Gasteiger partial charge in [-0.05, 0) is 48.9 Å². The molecule has 1 aliphatic rings. The van der Waals surface area contributed by atoms with Gasteiger partial charge in [0.15, 0.2) is 17.6 Å². The average molecular weight is 541 g/mol. The number of pyridine rings is 1. The van der Waals surface area contributed by atoms with E-state index in [1.165, 1.54) is 23.6 Å². The second-order valence-corrected chi connectivity index (χ2v) is 9.67. The predicted molar refractivity (Wildman–Crippen MR) is 143 cm³/mol. The molecule has 0 saturated carbocycles. The quantitative estimate of drug-likeness (QED) is 0.328. The number of carbonyl (C=O) groups is 1. The van der Waals surface area contributed by atoms with Crippen LogP contribution in [-0.2, 0) is 4.74 Å². The van der Waals surface area contributed by atoms with Crippen molar-refractivity contribution in [2.75, 3.05) is 25.6 Å². The Morgan fingerprint density at radius 2 is 2.08 bits per heavy atom. The number of ether oxygens (including phenoxy) is 4. The number of benzene rings is 2. The molecule has 4 heterocycles. The van der Waals surface area contributed by atoms with Crippen molar-refractivity contribution in [2.45, 2.75) is 13.0 Å². The number of nitrogens with zero attached hydrogens (tertiary/aromatic N) is 5. The van der Waals surface area contributed by atoms with Crippen LogP contribution in [0.25, 0.3) is 31.8 Å². The van der Waals surface area contributed by atoms with E-state index in [-0.39, 0.29) is 18.9 Å². The van der Waals surface area contributed by atoms with Crippen LogP contribution in [0.4, 0.5) is 10.5 Å². The molecule has 0 unspecified atom stereocenters. The Morgan fingerprint density at radius 3 is 2.87 bits per heavy atom. The van der Waals surface area contributed by atoms with Gasteiger partial charge < -0.3 is 18.9 Å². The number of nitrogens with one attached hydrogen (secondary N) is 1. The number of fused-ring (bicyclic) bond motifs is 4. The molecular weight excluding hydrogens is 520 g/mol. The Balaban J connectivity index is 1.19. The first kappa shape index (κ1) is 24.3. The largest absolute Gasteiger partial charge is 0.484 e. The van der Waals surface area contributed by atoms with Crippen molar-refractivity contribution in [3.8, 4) is 34.0 Å². The number of aromatic nitrogens is 4. The van der Waals surface area contributed by atoms with Crippen LogP contribution >= 0.6 is 11.3 Å². The molecule has 0 bridgehead atoms. The molecule has 0 fully saturated rings. The number of methoxy groups -OCH3 is 1. The SMILES string of the molecule is COc1cnc2c(-c3nc4ccc5c(c4s3)OC[C@H](COC(=O)Nc3ccc(C#N)nc3)O5)cc(C)cc2n1. The van der Waals surface area contributed by atoms with E-state index in [1.54, 1.807) is 25.4 Å². The molecule has 0 radical (unpaired) electrons. The normalized spacial score (nSPS) is 14.1. The lowest BCUT2D eigenvalue weighted by molar-refractivity contribution is 0.0383. The first-order valence-electron chi connectivity index (χ1n) is 11.9. The number of hydrogen-bond donors (Lipinski definition) is 1. The summed E-state index contributed by atoms with van der Waals surface area (Å²) in [5.41, 5.74) is 4.82. The molecule has 6 rings (SSSR count). The van der Waals surface area contributed by atoms with Crippen LogP contribution in [0.15, 0.2) is 48.8 Å². The molecule has 39 heavy (non-hydrogen) atoms. The zero-order valence-electron chi connectivity index (χ0n) is 20.8. The molecule has 2 aromatic carbocycles. The number of aryl methyl sites for hydroxylation is 1. The molecule has 1 N–H and O–H groups in total. The summed E-state index contributed by atoms with van der Waals surface area (Å²) < 4.78 is 23.5. The standard InChI is InChI=1S/C27H20N6O5S/c1-14-7-18(23-20(8-14)32-22(35-2)11-30-23)26-33-19-5-6-21-24(25(19)39-26)36-12-17(38-21)13-37-27(34)31-16-4-3-15(9-28)29-10-16/h3-8,10-11,17H,12-13H2,1-2H3,(H,31,34)/t17-/m1/s1. The van der Waals surface area contributed by atoms with E-state index in [4.69, 9.17) is 29.2 Å². The first-order valence-corrected chi connectivity index (χ1v) is 12.7. The molecular formula is C27H20N6O5S. The van der Waals surface area contributed by atoms with Gasteiger partial charge in [-0.1, -0.05) is 0 Å². The van der Waals surface area contributed by atoms with Gasteiger partial charge in [0.25, 0.3) is 0 Å². The van der Waals surface area contributed by atoms with Crippen molar-refractivity contribution < 1.29 is 23.7 Å². The number of hydrogen-bond acceptors (Lipinski definition) is 11. The van der Waals surface area contributed by atoms with Gasteiger partial charge in [0, 0.05) is 5.56 Å². The van der Waals surface area contributed by atoms with E-state index >= 15 is 0 Å². The maximum Gasteiger partial charge on any atom is 0.411 e. The van der Waals surface area contributed by atoms with Crippen molar-refractivity contribution in [3.63, 3.8) is 0 Å². The highest BCUT2D eigenvalue weighted by Gasteiger charge is 2.26. The van der Waals surface area contributed by atoms with Gasteiger partial charge in [0.2, 0.25) is 5.88 Å². The third kappa shape index (κ3) is 4.83. The molecule has 1 aliphatic heterocycles. The van der Waals surface area contributed by atoms with Gasteiger partial charge in [-0.15, -0.1) is 11.3 Å². The van der Waals surface area contributed by atoms with E-state index in [1.807, 2.05) is 31.2 Å². The summed E-state index contributed by atoms with van der Waals surface area (Å²) in [6.07, 6.45) is 1.83. The number of nitriles is 1. The monoisotopic (exact) mass is 540 g/mol. The number of carbonyl (C=O) groups excluding carboxylic acids is 1. The second kappa shape index (κ2) is 10.0. The third-order valence-electron chi connectivity index (χ3n) is 5.92. The highest BCUT2D eigenvalue weighted by Crippen LogP contribution is 2.44. The van der Waals surface area contributed by atoms with Crippen molar-refractivity contribution in [1.29, 1.82) is 5.26 Å². The molecule has 0 spiro atoms. The van der Waals surface area contributed by atoms with Crippen molar-refractivity contribution in [2.24, 2.45) is 0 Å². The first-order chi connectivity index (χ1) is 19.0. The Morgan fingerprint density at radius 1 is 1.18 bits per heavy atom. The van der Waals surface area contributed by atoms with Gasteiger partial charge in [0.05, 0.1) is 41.7 Å². The van der Waals surface area contributed by atoms with E-state index in [9.17, 15) is 4.79 Å². The highest BCUT2D eigenvalue weighted by atomic mass is 32.1. The number of thiazole rings is 1. The minimum Gasteiger partial charge on any atom is -0.484 e. The molecule has 0 saturated heterocycles. The highest BCUT2D eigenvalue weighted by molar-refractivity contribution is 7.22. The lowest BCUT2D eigenvalue weighted by Crippen LogP contribution is -2.35. The molecule has 0 aliphatic carbocycles. The van der Waals surface area contributed by atoms with Gasteiger partial charge in [0.1, 0.15) is 34.7 Å². The molecule has 12 heteroatoms. The Bertz CT molecular complexity index is 1770. The van der Waals surface area contributed by atoms with Crippen LogP contribution in [-0.4, -0.2) is 52.5 Å². The Kier molecular flexibility index (Phi) is 6.26. The summed E-state index contributed by atoms with van der Waals surface area (Å²) in [4.78, 5) is 30.0. The maximum atomic E-state index is 12.2. The summed E-state index contributed by atoms with van der Waals surface area (Å²) >= 11 is 1.49. The molecule has 3 aromatic heterocycles. The predicted octanol–water partition coefficient (Wildman–Crippen LogP) is 4.88. The van der Waals surface area contributed by atoms with Crippen LogP contribution in [0, 0.1) is 18.3 Å². The van der Waals surface area contributed by atoms with Crippen LogP contribution in [0.5, 0.6) is 17.4 Å². The smallest absolute Gasteiger partial charge is 0.411 e.